The van der Waals surface area contributed by atoms with Crippen molar-refractivity contribution < 1.29 is 4.42 Å². The first-order valence-electron chi connectivity index (χ1n) is 4.98. The Kier molecular flexibility index (Phi) is 3.19. The quantitative estimate of drug-likeness (QED) is 0.846. The van der Waals surface area contributed by atoms with Crippen molar-refractivity contribution in [2.24, 2.45) is 0 Å². The molecule has 0 aliphatic rings. The van der Waals surface area contributed by atoms with Gasteiger partial charge < -0.3 is 15.5 Å². The van der Waals surface area contributed by atoms with Crippen molar-refractivity contribution in [3.63, 3.8) is 0 Å². The fourth-order valence-electron chi connectivity index (χ4n) is 1.43. The second-order valence-corrected chi connectivity index (χ2v) is 4.48. The molecule has 1 heterocycles. The van der Waals surface area contributed by atoms with Crippen molar-refractivity contribution in [2.45, 2.75) is 13.5 Å². The van der Waals surface area contributed by atoms with Crippen LogP contribution in [0.1, 0.15) is 11.3 Å². The summed E-state index contributed by atoms with van der Waals surface area (Å²) in [5, 5.41) is 3.29. The van der Waals surface area contributed by atoms with Gasteiger partial charge in [0.25, 0.3) is 0 Å². The Morgan fingerprint density at radius 1 is 1.44 bits per heavy atom. The highest BCUT2D eigenvalue weighted by Gasteiger charge is 2.04. The molecule has 0 aliphatic carbocycles. The van der Waals surface area contributed by atoms with Crippen LogP contribution in [-0.2, 0) is 6.54 Å². The Morgan fingerprint density at radius 2 is 2.25 bits per heavy atom. The second-order valence-electron chi connectivity index (χ2n) is 3.62. The van der Waals surface area contributed by atoms with E-state index in [0.717, 1.165) is 27.2 Å². The minimum absolute atomic E-state index is 0.662. The van der Waals surface area contributed by atoms with Crippen molar-refractivity contribution in [1.29, 1.82) is 0 Å². The maximum absolute atomic E-state index is 5.80. The van der Waals surface area contributed by atoms with E-state index in [9.17, 15) is 0 Å². The molecule has 2 aromatic rings. The SMILES string of the molecule is Cc1cc(NCc2ccco2)c(Br)cc1N. The van der Waals surface area contributed by atoms with E-state index in [2.05, 4.69) is 21.2 Å². The van der Waals surface area contributed by atoms with E-state index in [1.54, 1.807) is 6.26 Å². The summed E-state index contributed by atoms with van der Waals surface area (Å²) in [6, 6.07) is 7.73. The minimum Gasteiger partial charge on any atom is -0.467 e. The largest absolute Gasteiger partial charge is 0.467 e. The number of hydrogen-bond donors (Lipinski definition) is 2. The molecule has 0 amide bonds. The number of nitrogens with one attached hydrogen (secondary N) is 1. The number of aryl methyl sites for hydroxylation is 1. The zero-order valence-electron chi connectivity index (χ0n) is 8.96. The fraction of sp³-hybridized carbons (Fsp3) is 0.167. The van der Waals surface area contributed by atoms with E-state index in [1.807, 2.05) is 31.2 Å². The molecule has 2 rings (SSSR count). The molecule has 0 unspecified atom stereocenters. The predicted molar refractivity (Wildman–Crippen MR) is 69.3 cm³/mol. The normalized spacial score (nSPS) is 10.4. The van der Waals surface area contributed by atoms with Gasteiger partial charge in [-0.25, -0.2) is 0 Å². The zero-order chi connectivity index (χ0) is 11.5. The smallest absolute Gasteiger partial charge is 0.122 e. The molecule has 3 N–H and O–H groups in total. The van der Waals surface area contributed by atoms with Crippen LogP contribution < -0.4 is 11.1 Å². The lowest BCUT2D eigenvalue weighted by molar-refractivity contribution is 0.518. The van der Waals surface area contributed by atoms with Gasteiger partial charge in [-0.1, -0.05) is 0 Å². The summed E-state index contributed by atoms with van der Waals surface area (Å²) in [6.07, 6.45) is 1.67. The van der Waals surface area contributed by atoms with Gasteiger partial charge in [0.05, 0.1) is 12.8 Å². The van der Waals surface area contributed by atoms with Gasteiger partial charge >= 0.3 is 0 Å². The number of hydrogen-bond acceptors (Lipinski definition) is 3. The van der Waals surface area contributed by atoms with Crippen LogP contribution in [0.4, 0.5) is 11.4 Å². The van der Waals surface area contributed by atoms with Gasteiger partial charge in [-0.15, -0.1) is 0 Å². The first-order valence-corrected chi connectivity index (χ1v) is 5.78. The van der Waals surface area contributed by atoms with Gasteiger partial charge in [0.2, 0.25) is 0 Å². The van der Waals surface area contributed by atoms with Crippen molar-refractivity contribution in [1.82, 2.24) is 0 Å². The molecule has 1 aromatic heterocycles. The number of rotatable bonds is 3. The van der Waals surface area contributed by atoms with Gasteiger partial charge in [0, 0.05) is 15.8 Å². The maximum Gasteiger partial charge on any atom is 0.122 e. The van der Waals surface area contributed by atoms with Gasteiger partial charge in [-0.3, -0.25) is 0 Å². The van der Waals surface area contributed by atoms with E-state index < -0.39 is 0 Å². The highest BCUT2D eigenvalue weighted by Crippen LogP contribution is 2.28. The first-order chi connectivity index (χ1) is 7.66. The van der Waals surface area contributed by atoms with Gasteiger partial charge in [0.1, 0.15) is 5.76 Å². The summed E-state index contributed by atoms with van der Waals surface area (Å²) in [4.78, 5) is 0. The number of nitrogen functional groups attached to an aromatic ring is 1. The molecule has 84 valence electrons. The number of benzene rings is 1. The van der Waals surface area contributed by atoms with E-state index in [1.165, 1.54) is 0 Å². The van der Waals surface area contributed by atoms with Gasteiger partial charge in [-0.2, -0.15) is 0 Å². The second kappa shape index (κ2) is 4.61. The molecule has 0 radical (unpaired) electrons. The van der Waals surface area contributed by atoms with E-state index in [-0.39, 0.29) is 0 Å². The molecule has 0 fully saturated rings. The third-order valence-electron chi connectivity index (χ3n) is 2.39. The standard InChI is InChI=1S/C12H13BrN2O/c1-8-5-12(10(13)6-11(8)14)15-7-9-3-2-4-16-9/h2-6,15H,7,14H2,1H3. The number of halogens is 1. The topological polar surface area (TPSA) is 51.2 Å². The lowest BCUT2D eigenvalue weighted by Crippen LogP contribution is -2.00. The van der Waals surface area contributed by atoms with Crippen LogP contribution in [0.15, 0.2) is 39.4 Å². The molecule has 3 nitrogen and oxygen atoms in total. The van der Waals surface area contributed by atoms with Crippen LogP contribution in [-0.4, -0.2) is 0 Å². The van der Waals surface area contributed by atoms with Crippen LogP contribution >= 0.6 is 15.9 Å². The minimum atomic E-state index is 0.662. The van der Waals surface area contributed by atoms with E-state index in [4.69, 9.17) is 10.2 Å². The predicted octanol–water partition coefficient (Wildman–Crippen LogP) is 3.54. The van der Waals surface area contributed by atoms with Gasteiger partial charge in [-0.05, 0) is 52.7 Å². The highest BCUT2D eigenvalue weighted by molar-refractivity contribution is 9.10. The molecular formula is C12H13BrN2O. The summed E-state index contributed by atoms with van der Waals surface area (Å²) >= 11 is 3.47. The molecule has 16 heavy (non-hydrogen) atoms. The Hall–Kier alpha value is -1.42. The van der Waals surface area contributed by atoms with E-state index in [0.29, 0.717) is 6.54 Å². The van der Waals surface area contributed by atoms with Crippen molar-refractivity contribution in [2.75, 3.05) is 11.1 Å². The Labute approximate surface area is 103 Å². The molecule has 0 bridgehead atoms. The number of furan rings is 1. The number of nitrogens with two attached hydrogens (primary N) is 1. The summed E-state index contributed by atoms with van der Waals surface area (Å²) in [6.45, 7) is 2.65. The van der Waals surface area contributed by atoms with Crippen LogP contribution in [0.5, 0.6) is 0 Å². The zero-order valence-corrected chi connectivity index (χ0v) is 10.5. The third-order valence-corrected chi connectivity index (χ3v) is 3.04. The van der Waals surface area contributed by atoms with Gasteiger partial charge in [0.15, 0.2) is 0 Å². The molecule has 0 saturated heterocycles. The monoisotopic (exact) mass is 280 g/mol. The van der Waals surface area contributed by atoms with E-state index >= 15 is 0 Å². The third kappa shape index (κ3) is 2.39. The van der Waals surface area contributed by atoms with Crippen LogP contribution in [0.3, 0.4) is 0 Å². The molecule has 0 spiro atoms. The Morgan fingerprint density at radius 3 is 2.94 bits per heavy atom. The Bertz CT molecular complexity index is 480. The molecule has 1 aromatic carbocycles. The molecule has 0 saturated carbocycles. The Balaban J connectivity index is 2.12. The van der Waals surface area contributed by atoms with Crippen LogP contribution in [0.25, 0.3) is 0 Å². The van der Waals surface area contributed by atoms with Crippen molar-refractivity contribution >= 4 is 27.3 Å². The lowest BCUT2D eigenvalue weighted by Gasteiger charge is -2.10. The fourth-order valence-corrected chi connectivity index (χ4v) is 1.93. The molecule has 0 aliphatic heterocycles. The summed E-state index contributed by atoms with van der Waals surface area (Å²) in [5.41, 5.74) is 8.67. The van der Waals surface area contributed by atoms with Crippen molar-refractivity contribution in [3.05, 3.63) is 46.3 Å². The van der Waals surface area contributed by atoms with Crippen molar-refractivity contribution in [3.8, 4) is 0 Å². The molecule has 0 atom stereocenters. The van der Waals surface area contributed by atoms with Crippen LogP contribution in [0.2, 0.25) is 0 Å². The molecule has 4 heteroatoms. The summed E-state index contributed by atoms with van der Waals surface area (Å²) in [5.74, 6) is 0.904. The average molecular weight is 281 g/mol. The highest BCUT2D eigenvalue weighted by atomic mass is 79.9. The van der Waals surface area contributed by atoms with Crippen LogP contribution in [0, 0.1) is 6.92 Å². The summed E-state index contributed by atoms with van der Waals surface area (Å²) in [7, 11) is 0. The number of anilines is 2. The maximum atomic E-state index is 5.80. The average Bonchev–Trinajstić information content (AvgIpc) is 2.74. The summed E-state index contributed by atoms with van der Waals surface area (Å²) < 4.78 is 6.21. The molecular weight excluding hydrogens is 268 g/mol. The lowest BCUT2D eigenvalue weighted by atomic mass is 10.2. The first kappa shape index (κ1) is 11.1.